The van der Waals surface area contributed by atoms with Gasteiger partial charge in [0, 0.05) is 40.2 Å². The second kappa shape index (κ2) is 5.09. The first-order chi connectivity index (χ1) is 9.65. The zero-order valence-electron chi connectivity index (χ0n) is 10.5. The van der Waals surface area contributed by atoms with E-state index in [0.29, 0.717) is 6.54 Å². The summed E-state index contributed by atoms with van der Waals surface area (Å²) in [4.78, 5) is 10.3. The van der Waals surface area contributed by atoms with E-state index >= 15 is 0 Å². The van der Waals surface area contributed by atoms with Gasteiger partial charge in [0.15, 0.2) is 0 Å². The van der Waals surface area contributed by atoms with Gasteiger partial charge in [-0.2, -0.15) is 0 Å². The van der Waals surface area contributed by atoms with Gasteiger partial charge >= 0.3 is 0 Å². The lowest BCUT2D eigenvalue weighted by Crippen LogP contribution is -1.98. The molecule has 0 spiro atoms. The van der Waals surface area contributed by atoms with Crippen molar-refractivity contribution in [2.75, 3.05) is 0 Å². The molecule has 100 valence electrons. The van der Waals surface area contributed by atoms with Gasteiger partial charge in [0.1, 0.15) is 0 Å². The van der Waals surface area contributed by atoms with Gasteiger partial charge in [-0.1, -0.05) is 34.1 Å². The van der Waals surface area contributed by atoms with Crippen molar-refractivity contribution in [3.05, 3.63) is 74.9 Å². The van der Waals surface area contributed by atoms with Crippen molar-refractivity contribution >= 4 is 32.5 Å². The summed E-state index contributed by atoms with van der Waals surface area (Å²) in [5.74, 6) is 0. The molecule has 0 aliphatic carbocycles. The molecule has 4 nitrogen and oxygen atoms in total. The molecule has 20 heavy (non-hydrogen) atoms. The van der Waals surface area contributed by atoms with E-state index < -0.39 is 0 Å². The quantitative estimate of drug-likeness (QED) is 0.529. The number of nitro benzene ring substituents is 1. The smallest absolute Gasteiger partial charge is 0.269 e. The summed E-state index contributed by atoms with van der Waals surface area (Å²) in [6.07, 6.45) is 2.02. The summed E-state index contributed by atoms with van der Waals surface area (Å²) < 4.78 is 3.19. The molecule has 3 aromatic rings. The van der Waals surface area contributed by atoms with Gasteiger partial charge in [0.25, 0.3) is 5.69 Å². The van der Waals surface area contributed by atoms with E-state index in [4.69, 9.17) is 0 Å². The highest BCUT2D eigenvalue weighted by molar-refractivity contribution is 9.10. The monoisotopic (exact) mass is 330 g/mol. The number of non-ortho nitro benzene ring substituents is 1. The standard InChI is InChI=1S/C15H11BrN2O2/c16-14-2-1-3-15-13(14)8-9-17(15)10-11-4-6-12(7-5-11)18(19)20/h1-9H,10H2. The summed E-state index contributed by atoms with van der Waals surface area (Å²) in [6, 6.07) is 14.8. The molecule has 1 heterocycles. The molecule has 0 fully saturated rings. The van der Waals surface area contributed by atoms with Crippen LogP contribution in [-0.2, 0) is 6.54 Å². The number of nitro groups is 1. The molecule has 3 rings (SSSR count). The minimum atomic E-state index is -0.383. The zero-order chi connectivity index (χ0) is 14.1. The van der Waals surface area contributed by atoms with Gasteiger partial charge < -0.3 is 4.57 Å². The fourth-order valence-electron chi connectivity index (χ4n) is 2.24. The number of hydrogen-bond donors (Lipinski definition) is 0. The average Bonchev–Trinajstić information content (AvgIpc) is 2.84. The lowest BCUT2D eigenvalue weighted by Gasteiger charge is -2.06. The predicted octanol–water partition coefficient (Wildman–Crippen LogP) is 4.36. The number of halogens is 1. The lowest BCUT2D eigenvalue weighted by molar-refractivity contribution is -0.384. The number of nitrogens with zero attached hydrogens (tertiary/aromatic N) is 2. The minimum Gasteiger partial charge on any atom is -0.343 e. The summed E-state index contributed by atoms with van der Waals surface area (Å²) in [5.41, 5.74) is 2.29. The first-order valence-corrected chi connectivity index (χ1v) is 6.91. The second-order valence-corrected chi connectivity index (χ2v) is 5.39. The van der Waals surface area contributed by atoms with Crippen LogP contribution in [0.5, 0.6) is 0 Å². The number of rotatable bonds is 3. The van der Waals surface area contributed by atoms with Crippen molar-refractivity contribution in [2.24, 2.45) is 0 Å². The molecule has 0 atom stereocenters. The SMILES string of the molecule is O=[N+]([O-])c1ccc(Cn2ccc3c(Br)cccc32)cc1. The Morgan fingerprint density at radius 2 is 1.85 bits per heavy atom. The molecule has 0 saturated heterocycles. The molecule has 0 bridgehead atoms. The van der Waals surface area contributed by atoms with Crippen molar-refractivity contribution in [1.82, 2.24) is 4.57 Å². The Kier molecular flexibility index (Phi) is 3.28. The Morgan fingerprint density at radius 3 is 2.55 bits per heavy atom. The van der Waals surface area contributed by atoms with Gasteiger partial charge in [-0.15, -0.1) is 0 Å². The largest absolute Gasteiger partial charge is 0.343 e. The van der Waals surface area contributed by atoms with E-state index in [1.54, 1.807) is 12.1 Å². The van der Waals surface area contributed by atoms with Crippen molar-refractivity contribution < 1.29 is 4.92 Å². The Hall–Kier alpha value is -2.14. The molecule has 0 N–H and O–H groups in total. The van der Waals surface area contributed by atoms with E-state index in [1.807, 2.05) is 18.3 Å². The molecule has 0 radical (unpaired) electrons. The van der Waals surface area contributed by atoms with Crippen LogP contribution in [0.2, 0.25) is 0 Å². The number of hydrogen-bond acceptors (Lipinski definition) is 2. The molecule has 0 amide bonds. The maximum Gasteiger partial charge on any atom is 0.269 e. The first-order valence-electron chi connectivity index (χ1n) is 6.12. The number of aromatic nitrogens is 1. The number of fused-ring (bicyclic) bond motifs is 1. The topological polar surface area (TPSA) is 48.1 Å². The van der Waals surface area contributed by atoms with Crippen LogP contribution in [0.3, 0.4) is 0 Å². The fraction of sp³-hybridized carbons (Fsp3) is 0.0667. The van der Waals surface area contributed by atoms with Crippen LogP contribution in [0.4, 0.5) is 5.69 Å². The highest BCUT2D eigenvalue weighted by Gasteiger charge is 2.06. The molecule has 2 aromatic carbocycles. The summed E-state index contributed by atoms with van der Waals surface area (Å²) >= 11 is 3.53. The van der Waals surface area contributed by atoms with E-state index in [2.05, 4.69) is 32.6 Å². The predicted molar refractivity (Wildman–Crippen MR) is 81.8 cm³/mol. The first kappa shape index (κ1) is 12.9. The van der Waals surface area contributed by atoms with Gasteiger partial charge in [-0.05, 0) is 23.8 Å². The molecular weight excluding hydrogens is 320 g/mol. The molecule has 0 aliphatic rings. The van der Waals surface area contributed by atoms with E-state index in [1.165, 1.54) is 12.1 Å². The second-order valence-electron chi connectivity index (χ2n) is 4.54. The van der Waals surface area contributed by atoms with Crippen molar-refractivity contribution in [3.8, 4) is 0 Å². The van der Waals surface area contributed by atoms with Crippen LogP contribution in [0.1, 0.15) is 5.56 Å². The summed E-state index contributed by atoms with van der Waals surface area (Å²) in [7, 11) is 0. The maximum atomic E-state index is 10.6. The van der Waals surface area contributed by atoms with Crippen LogP contribution in [0.25, 0.3) is 10.9 Å². The maximum absolute atomic E-state index is 10.6. The number of benzene rings is 2. The Morgan fingerprint density at radius 1 is 1.10 bits per heavy atom. The zero-order valence-corrected chi connectivity index (χ0v) is 12.1. The summed E-state index contributed by atoms with van der Waals surface area (Å²) in [6.45, 7) is 0.692. The highest BCUT2D eigenvalue weighted by Crippen LogP contribution is 2.25. The summed E-state index contributed by atoms with van der Waals surface area (Å²) in [5, 5.41) is 11.8. The van der Waals surface area contributed by atoms with Crippen molar-refractivity contribution in [1.29, 1.82) is 0 Å². The highest BCUT2D eigenvalue weighted by atomic mass is 79.9. The average molecular weight is 331 g/mol. The van der Waals surface area contributed by atoms with E-state index in [0.717, 1.165) is 20.9 Å². The Labute approximate surface area is 123 Å². The third kappa shape index (κ3) is 2.32. The molecule has 1 aromatic heterocycles. The Bertz CT molecular complexity index is 778. The van der Waals surface area contributed by atoms with Crippen LogP contribution in [-0.4, -0.2) is 9.49 Å². The van der Waals surface area contributed by atoms with Crippen LogP contribution >= 0.6 is 15.9 Å². The van der Waals surface area contributed by atoms with Crippen molar-refractivity contribution in [2.45, 2.75) is 6.54 Å². The lowest BCUT2D eigenvalue weighted by atomic mass is 10.2. The molecular formula is C15H11BrN2O2. The third-order valence-corrected chi connectivity index (χ3v) is 3.95. The molecule has 0 aliphatic heterocycles. The van der Waals surface area contributed by atoms with Crippen LogP contribution in [0, 0.1) is 10.1 Å². The van der Waals surface area contributed by atoms with Crippen LogP contribution < -0.4 is 0 Å². The normalized spacial score (nSPS) is 10.8. The molecule has 5 heteroatoms. The van der Waals surface area contributed by atoms with Gasteiger partial charge in [-0.25, -0.2) is 0 Å². The van der Waals surface area contributed by atoms with Gasteiger partial charge in [-0.3, -0.25) is 10.1 Å². The minimum absolute atomic E-state index is 0.119. The molecule has 0 saturated carbocycles. The fourth-order valence-corrected chi connectivity index (χ4v) is 2.73. The van der Waals surface area contributed by atoms with Gasteiger partial charge in [0.05, 0.1) is 4.92 Å². The van der Waals surface area contributed by atoms with Gasteiger partial charge in [0.2, 0.25) is 0 Å². The van der Waals surface area contributed by atoms with Crippen molar-refractivity contribution in [3.63, 3.8) is 0 Å². The van der Waals surface area contributed by atoms with Crippen LogP contribution in [0.15, 0.2) is 59.2 Å². The molecule has 0 unspecified atom stereocenters. The van der Waals surface area contributed by atoms with E-state index in [-0.39, 0.29) is 10.6 Å². The van der Waals surface area contributed by atoms with E-state index in [9.17, 15) is 10.1 Å². The third-order valence-electron chi connectivity index (χ3n) is 3.26. The Balaban J connectivity index is 1.93.